The van der Waals surface area contributed by atoms with Gasteiger partial charge in [-0.15, -0.1) is 0 Å². The molecule has 106 valence electrons. The Bertz CT molecular complexity index is 588. The third-order valence-electron chi connectivity index (χ3n) is 3.36. The van der Waals surface area contributed by atoms with Crippen molar-refractivity contribution < 1.29 is 4.79 Å². The van der Waals surface area contributed by atoms with Crippen LogP contribution in [0.15, 0.2) is 36.7 Å². The summed E-state index contributed by atoms with van der Waals surface area (Å²) in [5, 5.41) is 4.21. The van der Waals surface area contributed by atoms with Crippen LogP contribution in [0.3, 0.4) is 0 Å². The molecule has 0 radical (unpaired) electrons. The lowest BCUT2D eigenvalue weighted by molar-refractivity contribution is 0.103. The van der Waals surface area contributed by atoms with Gasteiger partial charge in [0.05, 0.1) is 11.8 Å². The highest BCUT2D eigenvalue weighted by Crippen LogP contribution is 2.22. The number of hydrogen-bond donors (Lipinski definition) is 0. The highest BCUT2D eigenvalue weighted by atomic mass is 16.1. The van der Waals surface area contributed by atoms with Crippen molar-refractivity contribution in [2.45, 2.75) is 46.1 Å². The number of carbonyl (C=O) groups is 1. The minimum atomic E-state index is 0.0350. The van der Waals surface area contributed by atoms with Gasteiger partial charge in [0.25, 0.3) is 0 Å². The van der Waals surface area contributed by atoms with Gasteiger partial charge in [-0.25, -0.2) is 0 Å². The summed E-state index contributed by atoms with van der Waals surface area (Å²) in [5.41, 5.74) is 2.71. The maximum Gasteiger partial charge on any atom is 0.196 e. The van der Waals surface area contributed by atoms with E-state index < -0.39 is 0 Å². The number of benzene rings is 1. The van der Waals surface area contributed by atoms with Crippen LogP contribution < -0.4 is 0 Å². The lowest BCUT2D eigenvalue weighted by Gasteiger charge is -2.18. The van der Waals surface area contributed by atoms with Crippen molar-refractivity contribution in [1.29, 1.82) is 0 Å². The van der Waals surface area contributed by atoms with Crippen LogP contribution in [0.4, 0.5) is 0 Å². The SMILES string of the molecule is CCCn1cc(C(=O)c2ccc(C(C)(C)C)cc2)cn1. The van der Waals surface area contributed by atoms with Crippen LogP contribution in [0.5, 0.6) is 0 Å². The minimum absolute atomic E-state index is 0.0350. The largest absolute Gasteiger partial charge is 0.288 e. The smallest absolute Gasteiger partial charge is 0.196 e. The van der Waals surface area contributed by atoms with E-state index in [1.165, 1.54) is 5.56 Å². The molecule has 1 aromatic heterocycles. The van der Waals surface area contributed by atoms with Gasteiger partial charge in [-0.3, -0.25) is 9.48 Å². The number of carbonyl (C=O) groups excluding carboxylic acids is 1. The molecule has 0 amide bonds. The molecule has 0 unspecified atom stereocenters. The standard InChI is InChI=1S/C17H22N2O/c1-5-10-19-12-14(11-18-19)16(20)13-6-8-15(9-7-13)17(2,3)4/h6-9,11-12H,5,10H2,1-4H3. The summed E-state index contributed by atoms with van der Waals surface area (Å²) < 4.78 is 1.82. The molecule has 3 heteroatoms. The normalized spacial score (nSPS) is 11.6. The van der Waals surface area contributed by atoms with Crippen LogP contribution in [0.1, 0.15) is 55.6 Å². The highest BCUT2D eigenvalue weighted by Gasteiger charge is 2.15. The summed E-state index contributed by atoms with van der Waals surface area (Å²) in [6.45, 7) is 9.43. The number of nitrogens with zero attached hydrogens (tertiary/aromatic N) is 2. The lowest BCUT2D eigenvalue weighted by Crippen LogP contribution is -2.11. The molecule has 3 nitrogen and oxygen atoms in total. The van der Waals surface area contributed by atoms with Gasteiger partial charge in [0.1, 0.15) is 0 Å². The fraction of sp³-hybridized carbons (Fsp3) is 0.412. The number of aryl methyl sites for hydroxylation is 1. The van der Waals surface area contributed by atoms with E-state index in [0.717, 1.165) is 13.0 Å². The van der Waals surface area contributed by atoms with Crippen LogP contribution >= 0.6 is 0 Å². The quantitative estimate of drug-likeness (QED) is 0.792. The average molecular weight is 270 g/mol. The molecule has 0 aliphatic rings. The predicted molar refractivity (Wildman–Crippen MR) is 81.1 cm³/mol. The van der Waals surface area contributed by atoms with E-state index in [1.54, 1.807) is 6.20 Å². The van der Waals surface area contributed by atoms with Gasteiger partial charge < -0.3 is 0 Å². The molecular formula is C17H22N2O. The predicted octanol–water partition coefficient (Wildman–Crippen LogP) is 3.82. The molecule has 0 saturated heterocycles. The van der Waals surface area contributed by atoms with Crippen LogP contribution in [0, 0.1) is 0 Å². The van der Waals surface area contributed by atoms with Crippen molar-refractivity contribution in [1.82, 2.24) is 9.78 Å². The van der Waals surface area contributed by atoms with E-state index in [1.807, 2.05) is 35.1 Å². The van der Waals surface area contributed by atoms with Gasteiger partial charge in [-0.1, -0.05) is 52.0 Å². The highest BCUT2D eigenvalue weighted by molar-refractivity contribution is 6.08. The Kier molecular flexibility index (Phi) is 4.07. The molecule has 20 heavy (non-hydrogen) atoms. The second-order valence-electron chi connectivity index (χ2n) is 6.15. The molecule has 0 fully saturated rings. The first-order valence-electron chi connectivity index (χ1n) is 7.09. The fourth-order valence-electron chi connectivity index (χ4n) is 2.12. The molecule has 0 aliphatic heterocycles. The van der Waals surface area contributed by atoms with Crippen LogP contribution in [-0.4, -0.2) is 15.6 Å². The molecule has 2 rings (SSSR count). The Morgan fingerprint density at radius 3 is 2.35 bits per heavy atom. The van der Waals surface area contributed by atoms with Crippen molar-refractivity contribution in [2.24, 2.45) is 0 Å². The van der Waals surface area contributed by atoms with Crippen molar-refractivity contribution in [3.8, 4) is 0 Å². The Hall–Kier alpha value is -1.90. The lowest BCUT2D eigenvalue weighted by atomic mass is 9.86. The average Bonchev–Trinajstić information content (AvgIpc) is 2.86. The third-order valence-corrected chi connectivity index (χ3v) is 3.36. The Labute approximate surface area is 120 Å². The summed E-state index contributed by atoms with van der Waals surface area (Å²) in [4.78, 5) is 12.4. The molecule has 0 N–H and O–H groups in total. The van der Waals surface area contributed by atoms with Gasteiger partial charge in [0.2, 0.25) is 0 Å². The van der Waals surface area contributed by atoms with Crippen molar-refractivity contribution in [3.63, 3.8) is 0 Å². The summed E-state index contributed by atoms with van der Waals surface area (Å²) in [7, 11) is 0. The summed E-state index contributed by atoms with van der Waals surface area (Å²) in [6.07, 6.45) is 4.48. The van der Waals surface area contributed by atoms with E-state index in [-0.39, 0.29) is 11.2 Å². The maximum atomic E-state index is 12.4. The zero-order valence-electron chi connectivity index (χ0n) is 12.7. The third kappa shape index (κ3) is 3.16. The van der Waals surface area contributed by atoms with Crippen LogP contribution in [0.2, 0.25) is 0 Å². The zero-order valence-corrected chi connectivity index (χ0v) is 12.7. The van der Waals surface area contributed by atoms with Crippen molar-refractivity contribution in [3.05, 3.63) is 53.3 Å². The maximum absolute atomic E-state index is 12.4. The fourth-order valence-corrected chi connectivity index (χ4v) is 2.12. The van der Waals surface area contributed by atoms with Gasteiger partial charge in [-0.05, 0) is 17.4 Å². The Morgan fingerprint density at radius 1 is 1.15 bits per heavy atom. The molecule has 1 aromatic carbocycles. The van der Waals surface area contributed by atoms with Gasteiger partial charge in [0, 0.05) is 18.3 Å². The summed E-state index contributed by atoms with van der Waals surface area (Å²) in [5.74, 6) is 0.0350. The molecule has 0 aliphatic carbocycles. The van der Waals surface area contributed by atoms with E-state index in [0.29, 0.717) is 11.1 Å². The van der Waals surface area contributed by atoms with Gasteiger partial charge >= 0.3 is 0 Å². The molecule has 0 atom stereocenters. The number of aromatic nitrogens is 2. The number of rotatable bonds is 4. The second kappa shape index (κ2) is 5.61. The first-order chi connectivity index (χ1) is 9.41. The van der Waals surface area contributed by atoms with E-state index in [9.17, 15) is 4.79 Å². The van der Waals surface area contributed by atoms with Gasteiger partial charge in [0.15, 0.2) is 5.78 Å². The molecule has 0 saturated carbocycles. The first kappa shape index (κ1) is 14.5. The van der Waals surface area contributed by atoms with Crippen LogP contribution in [-0.2, 0) is 12.0 Å². The number of ketones is 1. The second-order valence-corrected chi connectivity index (χ2v) is 6.15. The molecule has 2 aromatic rings. The summed E-state index contributed by atoms with van der Waals surface area (Å²) >= 11 is 0. The molecule has 1 heterocycles. The van der Waals surface area contributed by atoms with Crippen molar-refractivity contribution in [2.75, 3.05) is 0 Å². The van der Waals surface area contributed by atoms with Gasteiger partial charge in [-0.2, -0.15) is 5.10 Å². The zero-order chi connectivity index (χ0) is 14.8. The van der Waals surface area contributed by atoms with Crippen LogP contribution in [0.25, 0.3) is 0 Å². The topological polar surface area (TPSA) is 34.9 Å². The molecule has 0 bridgehead atoms. The monoisotopic (exact) mass is 270 g/mol. The first-order valence-corrected chi connectivity index (χ1v) is 7.09. The van der Waals surface area contributed by atoms with E-state index >= 15 is 0 Å². The van der Waals surface area contributed by atoms with E-state index in [4.69, 9.17) is 0 Å². The molecular weight excluding hydrogens is 248 g/mol. The number of hydrogen-bond acceptors (Lipinski definition) is 2. The Morgan fingerprint density at radius 2 is 1.80 bits per heavy atom. The molecule has 0 spiro atoms. The van der Waals surface area contributed by atoms with E-state index in [2.05, 4.69) is 32.8 Å². The van der Waals surface area contributed by atoms with Crippen molar-refractivity contribution >= 4 is 5.78 Å². The summed E-state index contributed by atoms with van der Waals surface area (Å²) in [6, 6.07) is 7.87. The minimum Gasteiger partial charge on any atom is -0.288 e. The Balaban J connectivity index is 2.20.